The summed E-state index contributed by atoms with van der Waals surface area (Å²) in [5.74, 6) is 0.333. The second-order valence-corrected chi connectivity index (χ2v) is 6.09. The largest absolute Gasteiger partial charge is 0.377 e. The summed E-state index contributed by atoms with van der Waals surface area (Å²) in [6.07, 6.45) is 4.64. The van der Waals surface area contributed by atoms with E-state index in [0.29, 0.717) is 12.6 Å². The number of hydrogen-bond donors (Lipinski definition) is 1. The zero-order valence-electron chi connectivity index (χ0n) is 12.7. The molecule has 20 heavy (non-hydrogen) atoms. The van der Waals surface area contributed by atoms with Gasteiger partial charge in [-0.15, -0.1) is 0 Å². The molecule has 0 aromatic heterocycles. The fourth-order valence-electron chi connectivity index (χ4n) is 3.14. The molecular formula is C15H29N3O2. The molecule has 5 nitrogen and oxygen atoms in total. The SMILES string of the molecule is CC(CCN)C(=O)N1CCCN(CC2CCCO2)CC1. The van der Waals surface area contributed by atoms with Crippen LogP contribution in [0.25, 0.3) is 0 Å². The Labute approximate surface area is 122 Å². The molecule has 0 saturated carbocycles. The Kier molecular flexibility index (Phi) is 6.26. The maximum atomic E-state index is 12.3. The molecule has 0 aromatic carbocycles. The maximum absolute atomic E-state index is 12.3. The van der Waals surface area contributed by atoms with E-state index < -0.39 is 0 Å². The lowest BCUT2D eigenvalue weighted by Crippen LogP contribution is -2.39. The summed E-state index contributed by atoms with van der Waals surface area (Å²) in [7, 11) is 0. The van der Waals surface area contributed by atoms with Gasteiger partial charge in [0.25, 0.3) is 0 Å². The Balaban J connectivity index is 1.77. The van der Waals surface area contributed by atoms with E-state index in [9.17, 15) is 4.79 Å². The number of ether oxygens (including phenoxy) is 1. The van der Waals surface area contributed by atoms with Crippen LogP contribution < -0.4 is 5.73 Å². The zero-order valence-corrected chi connectivity index (χ0v) is 12.7. The molecule has 5 heteroatoms. The average molecular weight is 283 g/mol. The lowest BCUT2D eigenvalue weighted by atomic mass is 10.1. The first-order valence-electron chi connectivity index (χ1n) is 8.03. The zero-order chi connectivity index (χ0) is 14.4. The number of amides is 1. The van der Waals surface area contributed by atoms with Crippen molar-refractivity contribution in [3.05, 3.63) is 0 Å². The van der Waals surface area contributed by atoms with E-state index in [2.05, 4.69) is 4.90 Å². The van der Waals surface area contributed by atoms with E-state index in [0.717, 1.165) is 52.2 Å². The van der Waals surface area contributed by atoms with Gasteiger partial charge in [0.2, 0.25) is 5.91 Å². The van der Waals surface area contributed by atoms with Crippen LogP contribution in [0.15, 0.2) is 0 Å². The predicted octanol–water partition coefficient (Wildman–Crippen LogP) is 0.685. The van der Waals surface area contributed by atoms with Crippen LogP contribution in [0.2, 0.25) is 0 Å². The predicted molar refractivity (Wildman–Crippen MR) is 79.4 cm³/mol. The van der Waals surface area contributed by atoms with E-state index in [4.69, 9.17) is 10.5 Å². The molecule has 2 heterocycles. The molecule has 2 rings (SSSR count). The van der Waals surface area contributed by atoms with E-state index in [1.165, 1.54) is 12.8 Å². The van der Waals surface area contributed by atoms with E-state index in [1.54, 1.807) is 0 Å². The summed E-state index contributed by atoms with van der Waals surface area (Å²) in [6.45, 7) is 8.31. The molecular weight excluding hydrogens is 254 g/mol. The molecule has 116 valence electrons. The molecule has 2 aliphatic heterocycles. The monoisotopic (exact) mass is 283 g/mol. The Morgan fingerprint density at radius 3 is 2.85 bits per heavy atom. The van der Waals surface area contributed by atoms with Crippen LogP contribution in [0.5, 0.6) is 0 Å². The number of carbonyl (C=O) groups is 1. The van der Waals surface area contributed by atoms with Gasteiger partial charge in [-0.2, -0.15) is 0 Å². The van der Waals surface area contributed by atoms with Gasteiger partial charge in [0, 0.05) is 38.7 Å². The normalized spacial score (nSPS) is 26.5. The Hall–Kier alpha value is -0.650. The van der Waals surface area contributed by atoms with Gasteiger partial charge in [0.1, 0.15) is 0 Å². The quantitative estimate of drug-likeness (QED) is 0.806. The van der Waals surface area contributed by atoms with Crippen LogP contribution in [0.4, 0.5) is 0 Å². The van der Waals surface area contributed by atoms with Crippen LogP contribution in [-0.4, -0.2) is 67.7 Å². The fourth-order valence-corrected chi connectivity index (χ4v) is 3.14. The van der Waals surface area contributed by atoms with Crippen molar-refractivity contribution < 1.29 is 9.53 Å². The molecule has 2 atom stereocenters. The van der Waals surface area contributed by atoms with E-state index in [1.807, 2.05) is 11.8 Å². The lowest BCUT2D eigenvalue weighted by Gasteiger charge is -2.25. The van der Waals surface area contributed by atoms with Crippen LogP contribution >= 0.6 is 0 Å². The standard InChI is InChI=1S/C15H29N3O2/c1-13(5-6-16)15(19)18-8-3-7-17(9-10-18)12-14-4-2-11-20-14/h13-14H,2-12,16H2,1H3. The summed E-state index contributed by atoms with van der Waals surface area (Å²) in [4.78, 5) is 16.8. The summed E-state index contributed by atoms with van der Waals surface area (Å²) in [5, 5.41) is 0. The van der Waals surface area contributed by atoms with Gasteiger partial charge in [-0.1, -0.05) is 6.92 Å². The Morgan fingerprint density at radius 2 is 2.15 bits per heavy atom. The maximum Gasteiger partial charge on any atom is 0.225 e. The van der Waals surface area contributed by atoms with Crippen molar-refractivity contribution in [1.82, 2.24) is 9.80 Å². The highest BCUT2D eigenvalue weighted by atomic mass is 16.5. The third-order valence-corrected chi connectivity index (χ3v) is 4.41. The molecule has 2 aliphatic rings. The Morgan fingerprint density at radius 1 is 1.30 bits per heavy atom. The third-order valence-electron chi connectivity index (χ3n) is 4.41. The number of nitrogens with zero attached hydrogens (tertiary/aromatic N) is 2. The van der Waals surface area contributed by atoms with Crippen molar-refractivity contribution in [3.63, 3.8) is 0 Å². The summed E-state index contributed by atoms with van der Waals surface area (Å²) < 4.78 is 5.70. The van der Waals surface area contributed by atoms with Crippen LogP contribution in [-0.2, 0) is 9.53 Å². The number of carbonyl (C=O) groups excluding carboxylic acids is 1. The average Bonchev–Trinajstić information content (AvgIpc) is 2.83. The van der Waals surface area contributed by atoms with Gasteiger partial charge in [-0.05, 0) is 38.8 Å². The summed E-state index contributed by atoms with van der Waals surface area (Å²) in [5.41, 5.74) is 5.55. The van der Waals surface area contributed by atoms with Crippen LogP contribution in [0.3, 0.4) is 0 Å². The highest BCUT2D eigenvalue weighted by Crippen LogP contribution is 2.15. The van der Waals surface area contributed by atoms with E-state index >= 15 is 0 Å². The van der Waals surface area contributed by atoms with Crippen molar-refractivity contribution in [2.45, 2.75) is 38.7 Å². The molecule has 1 amide bonds. The van der Waals surface area contributed by atoms with Gasteiger partial charge in [-0.25, -0.2) is 0 Å². The first-order chi connectivity index (χ1) is 9.70. The second kappa shape index (κ2) is 7.96. The lowest BCUT2D eigenvalue weighted by molar-refractivity contribution is -0.135. The van der Waals surface area contributed by atoms with Crippen molar-refractivity contribution in [2.75, 3.05) is 45.9 Å². The van der Waals surface area contributed by atoms with Gasteiger partial charge in [0.05, 0.1) is 6.10 Å². The third kappa shape index (κ3) is 4.43. The molecule has 2 unspecified atom stereocenters. The first kappa shape index (κ1) is 15.7. The van der Waals surface area contributed by atoms with Gasteiger partial charge in [0.15, 0.2) is 0 Å². The highest BCUT2D eigenvalue weighted by molar-refractivity contribution is 5.78. The number of hydrogen-bond acceptors (Lipinski definition) is 4. The summed E-state index contributed by atoms with van der Waals surface area (Å²) in [6, 6.07) is 0. The first-order valence-corrected chi connectivity index (χ1v) is 8.03. The van der Waals surface area contributed by atoms with Gasteiger partial charge in [-0.3, -0.25) is 9.69 Å². The number of rotatable bonds is 5. The fraction of sp³-hybridized carbons (Fsp3) is 0.933. The van der Waals surface area contributed by atoms with Crippen LogP contribution in [0.1, 0.15) is 32.6 Å². The van der Waals surface area contributed by atoms with Crippen molar-refractivity contribution in [2.24, 2.45) is 11.7 Å². The van der Waals surface area contributed by atoms with Gasteiger partial charge < -0.3 is 15.4 Å². The molecule has 2 N–H and O–H groups in total. The molecule has 0 bridgehead atoms. The minimum Gasteiger partial charge on any atom is -0.377 e. The van der Waals surface area contributed by atoms with Crippen molar-refractivity contribution >= 4 is 5.91 Å². The second-order valence-electron chi connectivity index (χ2n) is 6.09. The molecule has 0 aliphatic carbocycles. The minimum atomic E-state index is 0.0599. The summed E-state index contributed by atoms with van der Waals surface area (Å²) >= 11 is 0. The molecule has 0 aromatic rings. The topological polar surface area (TPSA) is 58.8 Å². The molecule has 2 fully saturated rings. The van der Waals surface area contributed by atoms with E-state index in [-0.39, 0.29) is 11.8 Å². The highest BCUT2D eigenvalue weighted by Gasteiger charge is 2.25. The molecule has 0 radical (unpaired) electrons. The van der Waals surface area contributed by atoms with Gasteiger partial charge >= 0.3 is 0 Å². The molecule has 2 saturated heterocycles. The van der Waals surface area contributed by atoms with Crippen molar-refractivity contribution in [1.29, 1.82) is 0 Å². The smallest absolute Gasteiger partial charge is 0.225 e. The molecule has 0 spiro atoms. The van der Waals surface area contributed by atoms with Crippen LogP contribution in [0, 0.1) is 5.92 Å². The minimum absolute atomic E-state index is 0.0599. The Bertz CT molecular complexity index is 305. The number of nitrogens with two attached hydrogens (primary N) is 1. The van der Waals surface area contributed by atoms with Crippen molar-refractivity contribution in [3.8, 4) is 0 Å².